The Hall–Kier alpha value is -3.29. The van der Waals surface area contributed by atoms with Crippen LogP contribution in [0.3, 0.4) is 0 Å². The predicted molar refractivity (Wildman–Crippen MR) is 113 cm³/mol. The average Bonchev–Trinajstić information content (AvgIpc) is 3.26. The molecule has 0 bridgehead atoms. The van der Waals surface area contributed by atoms with Crippen LogP contribution in [0.1, 0.15) is 27.8 Å². The third-order valence-corrected chi connectivity index (χ3v) is 4.82. The lowest BCUT2D eigenvalue weighted by molar-refractivity contribution is -0.123. The van der Waals surface area contributed by atoms with Gasteiger partial charge in [0.05, 0.1) is 33.2 Å². The van der Waals surface area contributed by atoms with Crippen LogP contribution in [0, 0.1) is 0 Å². The number of furan rings is 1. The fourth-order valence-electron chi connectivity index (χ4n) is 2.47. The van der Waals surface area contributed by atoms with Gasteiger partial charge < -0.3 is 19.8 Å². The maximum absolute atomic E-state index is 12.6. The van der Waals surface area contributed by atoms with Gasteiger partial charge in [0.25, 0.3) is 11.8 Å². The first kappa shape index (κ1) is 21.4. The third-order valence-electron chi connectivity index (χ3n) is 4.00. The van der Waals surface area contributed by atoms with Crippen LogP contribution >= 0.6 is 23.2 Å². The van der Waals surface area contributed by atoms with Gasteiger partial charge in [-0.3, -0.25) is 9.59 Å². The first-order valence-electron chi connectivity index (χ1n) is 8.76. The van der Waals surface area contributed by atoms with Crippen LogP contribution in [-0.4, -0.2) is 23.9 Å². The second-order valence-corrected chi connectivity index (χ2v) is 6.90. The summed E-state index contributed by atoms with van der Waals surface area (Å²) in [4.78, 5) is 37.2. The predicted octanol–water partition coefficient (Wildman–Crippen LogP) is 5.02. The largest absolute Gasteiger partial charge is 0.459 e. The topological polar surface area (TPSA) is 97.6 Å². The van der Waals surface area contributed by atoms with E-state index in [1.54, 1.807) is 36.4 Å². The molecular formula is C21H16Cl2N2O5. The number of ether oxygens (including phenoxy) is 1. The number of halogens is 2. The number of nitrogens with one attached hydrogen (secondary N) is 2. The van der Waals surface area contributed by atoms with Gasteiger partial charge in [-0.25, -0.2) is 4.79 Å². The van der Waals surface area contributed by atoms with E-state index in [-0.39, 0.29) is 27.1 Å². The lowest BCUT2D eigenvalue weighted by atomic mass is 10.1. The van der Waals surface area contributed by atoms with Crippen molar-refractivity contribution in [1.82, 2.24) is 0 Å². The number of para-hydroxylation sites is 1. The van der Waals surface area contributed by atoms with Crippen molar-refractivity contribution in [3.8, 4) is 0 Å². The zero-order valence-corrected chi connectivity index (χ0v) is 17.2. The highest BCUT2D eigenvalue weighted by atomic mass is 35.5. The van der Waals surface area contributed by atoms with Crippen LogP contribution in [-0.2, 0) is 9.53 Å². The van der Waals surface area contributed by atoms with E-state index in [2.05, 4.69) is 10.6 Å². The van der Waals surface area contributed by atoms with Crippen molar-refractivity contribution in [3.63, 3.8) is 0 Å². The highest BCUT2D eigenvalue weighted by Crippen LogP contribution is 2.29. The first-order valence-corrected chi connectivity index (χ1v) is 9.52. The minimum Gasteiger partial charge on any atom is -0.459 e. The quantitative estimate of drug-likeness (QED) is 0.517. The highest BCUT2D eigenvalue weighted by Gasteiger charge is 2.22. The minimum atomic E-state index is -1.14. The van der Waals surface area contributed by atoms with E-state index in [9.17, 15) is 14.4 Å². The number of esters is 1. The van der Waals surface area contributed by atoms with Gasteiger partial charge >= 0.3 is 5.97 Å². The summed E-state index contributed by atoms with van der Waals surface area (Å²) in [7, 11) is 0. The summed E-state index contributed by atoms with van der Waals surface area (Å²) in [5.74, 6) is -1.82. The van der Waals surface area contributed by atoms with Crippen LogP contribution in [0.2, 0.25) is 10.0 Å². The fraction of sp³-hybridized carbons (Fsp3) is 0.0952. The van der Waals surface area contributed by atoms with Gasteiger partial charge in [0.15, 0.2) is 11.9 Å². The Bertz CT molecular complexity index is 1080. The molecule has 3 aromatic rings. The maximum atomic E-state index is 12.6. The Morgan fingerprint density at radius 1 is 0.933 bits per heavy atom. The molecule has 9 heteroatoms. The van der Waals surface area contributed by atoms with Gasteiger partial charge in [-0.05, 0) is 43.3 Å². The number of amides is 2. The fourth-order valence-corrected chi connectivity index (χ4v) is 2.82. The summed E-state index contributed by atoms with van der Waals surface area (Å²) in [5.41, 5.74) is 0.593. The first-order chi connectivity index (χ1) is 14.4. The second kappa shape index (κ2) is 9.47. The van der Waals surface area contributed by atoms with E-state index in [1.165, 1.54) is 31.4 Å². The van der Waals surface area contributed by atoms with Crippen molar-refractivity contribution in [2.75, 3.05) is 10.6 Å². The molecule has 30 heavy (non-hydrogen) atoms. The standard InChI is InChI=1S/C21H16Cl2N2O5/c1-12(19(26)25-16-9-4-7-14(22)18(16)23)30-21(28)13-6-2-3-8-15(13)24-20(27)17-10-5-11-29-17/h2-12H,1H3,(H,24,27)(H,25,26). The van der Waals surface area contributed by atoms with Crippen molar-refractivity contribution >= 4 is 52.4 Å². The van der Waals surface area contributed by atoms with Gasteiger partial charge in [0, 0.05) is 0 Å². The number of anilines is 2. The summed E-state index contributed by atoms with van der Waals surface area (Å²) in [5, 5.41) is 5.60. The zero-order valence-electron chi connectivity index (χ0n) is 15.6. The molecule has 0 saturated heterocycles. The molecule has 0 fully saturated rings. The molecule has 0 radical (unpaired) electrons. The highest BCUT2D eigenvalue weighted by molar-refractivity contribution is 6.44. The number of benzene rings is 2. The molecule has 1 atom stereocenters. The third kappa shape index (κ3) is 5.00. The van der Waals surface area contributed by atoms with Crippen molar-refractivity contribution in [1.29, 1.82) is 0 Å². The van der Waals surface area contributed by atoms with Crippen LogP contribution in [0.4, 0.5) is 11.4 Å². The molecule has 1 unspecified atom stereocenters. The molecule has 154 valence electrons. The lowest BCUT2D eigenvalue weighted by Crippen LogP contribution is -2.30. The Kier molecular flexibility index (Phi) is 6.76. The molecule has 7 nitrogen and oxygen atoms in total. The minimum absolute atomic E-state index is 0.0813. The normalized spacial score (nSPS) is 11.4. The van der Waals surface area contributed by atoms with Crippen LogP contribution in [0.25, 0.3) is 0 Å². The van der Waals surface area contributed by atoms with E-state index in [0.29, 0.717) is 5.69 Å². The van der Waals surface area contributed by atoms with E-state index in [1.807, 2.05) is 0 Å². The van der Waals surface area contributed by atoms with Crippen molar-refractivity contribution < 1.29 is 23.5 Å². The zero-order chi connectivity index (χ0) is 21.7. The van der Waals surface area contributed by atoms with Crippen LogP contribution in [0.5, 0.6) is 0 Å². The van der Waals surface area contributed by atoms with E-state index < -0.39 is 23.9 Å². The maximum Gasteiger partial charge on any atom is 0.341 e. The Labute approximate surface area is 181 Å². The average molecular weight is 447 g/mol. The number of carbonyl (C=O) groups is 3. The molecule has 0 aliphatic carbocycles. The van der Waals surface area contributed by atoms with Crippen LogP contribution < -0.4 is 10.6 Å². The Balaban J connectivity index is 1.69. The van der Waals surface area contributed by atoms with E-state index in [0.717, 1.165) is 0 Å². The van der Waals surface area contributed by atoms with Gasteiger partial charge in [0.2, 0.25) is 0 Å². The number of carbonyl (C=O) groups excluding carboxylic acids is 3. The SMILES string of the molecule is CC(OC(=O)c1ccccc1NC(=O)c1ccco1)C(=O)Nc1cccc(Cl)c1Cl. The Morgan fingerprint density at radius 2 is 1.67 bits per heavy atom. The molecule has 1 heterocycles. The van der Waals surface area contributed by atoms with Gasteiger partial charge in [-0.1, -0.05) is 41.4 Å². The summed E-state index contributed by atoms with van der Waals surface area (Å²) < 4.78 is 10.3. The monoisotopic (exact) mass is 446 g/mol. The summed E-state index contributed by atoms with van der Waals surface area (Å²) in [6.07, 6.45) is 0.225. The van der Waals surface area contributed by atoms with E-state index >= 15 is 0 Å². The van der Waals surface area contributed by atoms with Crippen molar-refractivity contribution in [2.45, 2.75) is 13.0 Å². The van der Waals surface area contributed by atoms with Gasteiger partial charge in [-0.2, -0.15) is 0 Å². The molecule has 0 aliphatic rings. The molecule has 0 aliphatic heterocycles. The molecule has 3 rings (SSSR count). The van der Waals surface area contributed by atoms with Crippen molar-refractivity contribution in [2.24, 2.45) is 0 Å². The molecular weight excluding hydrogens is 431 g/mol. The lowest BCUT2D eigenvalue weighted by Gasteiger charge is -2.16. The number of hydrogen-bond donors (Lipinski definition) is 2. The summed E-state index contributed by atoms with van der Waals surface area (Å²) in [6.45, 7) is 1.41. The Morgan fingerprint density at radius 3 is 2.40 bits per heavy atom. The summed E-state index contributed by atoms with van der Waals surface area (Å²) >= 11 is 12.0. The smallest absolute Gasteiger partial charge is 0.341 e. The van der Waals surface area contributed by atoms with Crippen molar-refractivity contribution in [3.05, 3.63) is 82.2 Å². The van der Waals surface area contributed by atoms with E-state index in [4.69, 9.17) is 32.4 Å². The van der Waals surface area contributed by atoms with Gasteiger partial charge in [-0.15, -0.1) is 0 Å². The van der Waals surface area contributed by atoms with Gasteiger partial charge in [0.1, 0.15) is 0 Å². The number of rotatable bonds is 6. The molecule has 2 amide bonds. The number of hydrogen-bond acceptors (Lipinski definition) is 5. The molecule has 2 aromatic carbocycles. The summed E-state index contributed by atoms with van der Waals surface area (Å²) in [6, 6.07) is 14.1. The molecule has 0 saturated carbocycles. The second-order valence-electron chi connectivity index (χ2n) is 6.12. The van der Waals surface area contributed by atoms with Crippen LogP contribution in [0.15, 0.2) is 65.3 Å². The molecule has 2 N–H and O–H groups in total. The molecule has 0 spiro atoms. The molecule has 1 aromatic heterocycles.